The largest absolute Gasteiger partial charge is 0.496 e. The Labute approximate surface area is 239 Å². The summed E-state index contributed by atoms with van der Waals surface area (Å²) in [6, 6.07) is 5.90. The molecule has 42 heavy (non-hydrogen) atoms. The van der Waals surface area contributed by atoms with Gasteiger partial charge in [0, 0.05) is 34.7 Å². The fourth-order valence-electron chi connectivity index (χ4n) is 4.10. The molecule has 2 aromatic rings. The normalized spacial score (nSPS) is 18.0. The van der Waals surface area contributed by atoms with Crippen molar-refractivity contribution >= 4 is 31.5 Å². The van der Waals surface area contributed by atoms with Crippen LogP contribution in [0.1, 0.15) is 11.1 Å². The Morgan fingerprint density at radius 3 is 1.83 bits per heavy atom. The summed E-state index contributed by atoms with van der Waals surface area (Å²) in [7, 11) is 3.97. The van der Waals surface area contributed by atoms with Crippen LogP contribution in [0.3, 0.4) is 0 Å². The van der Waals surface area contributed by atoms with E-state index in [1.54, 1.807) is 23.5 Å². The zero-order valence-corrected chi connectivity index (χ0v) is 23.3. The molecule has 18 heteroatoms. The predicted molar refractivity (Wildman–Crippen MR) is 133 cm³/mol. The standard InChI is InChI=1S/C12H11ClF3NO5S.C12H12F3NO3/c1-21-8-2-3-9(23(13,19)20)10-7(8)4-6(5-22-10)17-11(18)12(14,15)16;1-18-9-3-2-4-10-8(9)5-7(6-19-10)16-11(17)12(13,14)15/h2-3,6H,4-5H2,1H3,(H,17,18);2-4,7H,5-6H2,1H3,(H,16,17)/t6-;7-/m11/s1. The highest BCUT2D eigenvalue weighted by molar-refractivity contribution is 8.13. The first-order chi connectivity index (χ1) is 19.5. The molecule has 0 aliphatic carbocycles. The smallest absolute Gasteiger partial charge is 0.471 e. The average Bonchev–Trinajstić information content (AvgIpc) is 2.90. The zero-order valence-electron chi connectivity index (χ0n) is 21.7. The van der Waals surface area contributed by atoms with Crippen LogP contribution in [0.4, 0.5) is 26.3 Å². The SMILES string of the molecule is COc1ccc(S(=O)(=O)Cl)c2c1C[C@@H](NC(=O)C(F)(F)F)CO2.COc1cccc2c1C[C@@H](NC(=O)C(F)(F)F)CO2. The summed E-state index contributed by atoms with van der Waals surface area (Å²) in [6.45, 7) is -0.330. The Morgan fingerprint density at radius 1 is 0.833 bits per heavy atom. The first-order valence-electron chi connectivity index (χ1n) is 11.8. The molecule has 2 N–H and O–H groups in total. The second-order valence-electron chi connectivity index (χ2n) is 8.81. The van der Waals surface area contributed by atoms with Gasteiger partial charge < -0.3 is 29.6 Å². The molecule has 0 bridgehead atoms. The monoisotopic (exact) mass is 648 g/mol. The van der Waals surface area contributed by atoms with Crippen LogP contribution in [0.2, 0.25) is 0 Å². The third kappa shape index (κ3) is 8.02. The molecular weight excluding hydrogens is 626 g/mol. The highest BCUT2D eigenvalue weighted by Gasteiger charge is 2.42. The van der Waals surface area contributed by atoms with Crippen molar-refractivity contribution in [3.8, 4) is 23.0 Å². The van der Waals surface area contributed by atoms with Crippen LogP contribution in [-0.2, 0) is 31.5 Å². The maximum absolute atomic E-state index is 12.3. The molecule has 2 aromatic carbocycles. The maximum Gasteiger partial charge on any atom is 0.471 e. The van der Waals surface area contributed by atoms with Gasteiger partial charge in [-0.2, -0.15) is 26.3 Å². The Hall–Kier alpha value is -3.60. The van der Waals surface area contributed by atoms with E-state index in [1.165, 1.54) is 26.4 Å². The number of alkyl halides is 6. The third-order valence-corrected chi connectivity index (χ3v) is 7.27. The lowest BCUT2D eigenvalue weighted by atomic mass is 10.0. The van der Waals surface area contributed by atoms with Gasteiger partial charge in [0.2, 0.25) is 0 Å². The van der Waals surface area contributed by atoms with Crippen molar-refractivity contribution < 1.29 is 63.3 Å². The van der Waals surface area contributed by atoms with Gasteiger partial charge in [0.1, 0.15) is 41.1 Å². The van der Waals surface area contributed by atoms with Crippen molar-refractivity contribution in [1.82, 2.24) is 10.6 Å². The highest BCUT2D eigenvalue weighted by atomic mass is 35.7. The summed E-state index contributed by atoms with van der Waals surface area (Å²) < 4.78 is 117. The molecule has 2 aliphatic heterocycles. The van der Waals surface area contributed by atoms with Gasteiger partial charge in [-0.1, -0.05) is 6.07 Å². The average molecular weight is 649 g/mol. The maximum atomic E-state index is 12.3. The minimum atomic E-state index is -5.02. The minimum Gasteiger partial charge on any atom is -0.496 e. The number of rotatable bonds is 5. The van der Waals surface area contributed by atoms with E-state index in [2.05, 4.69) is 0 Å². The molecule has 0 radical (unpaired) electrons. The van der Waals surface area contributed by atoms with Crippen molar-refractivity contribution in [3.63, 3.8) is 0 Å². The molecule has 0 aromatic heterocycles. The van der Waals surface area contributed by atoms with E-state index in [-0.39, 0.29) is 48.0 Å². The quantitative estimate of drug-likeness (QED) is 0.374. The number of nitrogens with one attached hydrogen (secondary N) is 2. The highest BCUT2D eigenvalue weighted by Crippen LogP contribution is 2.40. The molecule has 2 atom stereocenters. The van der Waals surface area contributed by atoms with Gasteiger partial charge >= 0.3 is 24.2 Å². The minimum absolute atomic E-state index is 0.00197. The second kappa shape index (κ2) is 12.7. The van der Waals surface area contributed by atoms with Gasteiger partial charge in [0.25, 0.3) is 9.05 Å². The Balaban J connectivity index is 0.000000235. The Kier molecular flexibility index (Phi) is 9.97. The van der Waals surface area contributed by atoms with Crippen LogP contribution in [0.15, 0.2) is 35.2 Å². The van der Waals surface area contributed by atoms with E-state index in [0.717, 1.165) is 0 Å². The number of carbonyl (C=O) groups excluding carboxylic acids is 2. The first kappa shape index (κ1) is 32.9. The van der Waals surface area contributed by atoms with Gasteiger partial charge in [-0.15, -0.1) is 0 Å². The van der Waals surface area contributed by atoms with E-state index in [9.17, 15) is 44.3 Å². The Bertz CT molecular complexity index is 1420. The molecule has 2 amide bonds. The number of amides is 2. The first-order valence-corrected chi connectivity index (χ1v) is 14.1. The number of methoxy groups -OCH3 is 2. The molecule has 0 saturated carbocycles. The lowest BCUT2D eigenvalue weighted by molar-refractivity contribution is -0.174. The molecule has 4 rings (SSSR count). The van der Waals surface area contributed by atoms with Gasteiger partial charge in [-0.25, -0.2) is 8.42 Å². The summed E-state index contributed by atoms with van der Waals surface area (Å²) in [4.78, 5) is 21.6. The summed E-state index contributed by atoms with van der Waals surface area (Å²) in [5, 5.41) is 3.69. The number of fused-ring (bicyclic) bond motifs is 2. The van der Waals surface area contributed by atoms with E-state index in [1.807, 2.05) is 5.32 Å². The topological polar surface area (TPSA) is 129 Å². The van der Waals surface area contributed by atoms with Gasteiger partial charge in [-0.05, 0) is 24.3 Å². The molecule has 0 saturated heterocycles. The molecule has 2 aliphatic rings. The lowest BCUT2D eigenvalue weighted by Crippen LogP contribution is -2.48. The number of hydrogen-bond donors (Lipinski definition) is 2. The number of halogens is 7. The fourth-order valence-corrected chi connectivity index (χ4v) is 5.10. The van der Waals surface area contributed by atoms with Gasteiger partial charge in [-0.3, -0.25) is 9.59 Å². The molecule has 0 fully saturated rings. The summed E-state index contributed by atoms with van der Waals surface area (Å²) in [5.41, 5.74) is 0.872. The van der Waals surface area contributed by atoms with Crippen LogP contribution in [-0.4, -0.2) is 72.1 Å². The molecule has 0 spiro atoms. The van der Waals surface area contributed by atoms with Crippen molar-refractivity contribution in [2.75, 3.05) is 27.4 Å². The molecule has 232 valence electrons. The predicted octanol–water partition coefficient (Wildman–Crippen LogP) is 3.28. The van der Waals surface area contributed by atoms with Crippen LogP contribution >= 0.6 is 10.7 Å². The van der Waals surface area contributed by atoms with E-state index < -0.39 is 45.3 Å². The summed E-state index contributed by atoms with van der Waals surface area (Å²) >= 11 is 0. The molecule has 0 unspecified atom stereocenters. The van der Waals surface area contributed by atoms with Crippen LogP contribution < -0.4 is 29.6 Å². The van der Waals surface area contributed by atoms with Crippen molar-refractivity contribution in [3.05, 3.63) is 41.5 Å². The van der Waals surface area contributed by atoms with E-state index >= 15 is 0 Å². The fraction of sp³-hybridized carbons (Fsp3) is 0.417. The lowest BCUT2D eigenvalue weighted by Gasteiger charge is -2.28. The Morgan fingerprint density at radius 2 is 1.33 bits per heavy atom. The van der Waals surface area contributed by atoms with Crippen LogP contribution in [0.25, 0.3) is 0 Å². The van der Waals surface area contributed by atoms with Crippen LogP contribution in [0, 0.1) is 0 Å². The van der Waals surface area contributed by atoms with Crippen molar-refractivity contribution in [2.24, 2.45) is 0 Å². The van der Waals surface area contributed by atoms with Crippen molar-refractivity contribution in [2.45, 2.75) is 42.2 Å². The number of hydrogen-bond acceptors (Lipinski definition) is 8. The molecular formula is C24H23ClF6N2O8S. The zero-order chi connectivity index (χ0) is 31.5. The van der Waals surface area contributed by atoms with Gasteiger partial charge in [0.15, 0.2) is 0 Å². The number of carbonyl (C=O) groups is 2. The van der Waals surface area contributed by atoms with E-state index in [4.69, 9.17) is 29.6 Å². The van der Waals surface area contributed by atoms with Crippen LogP contribution in [0.5, 0.6) is 23.0 Å². The molecule has 10 nitrogen and oxygen atoms in total. The van der Waals surface area contributed by atoms with Gasteiger partial charge in [0.05, 0.1) is 26.3 Å². The molecule has 2 heterocycles. The number of benzene rings is 2. The summed E-state index contributed by atoms with van der Waals surface area (Å²) in [5.74, 6) is -2.83. The van der Waals surface area contributed by atoms with E-state index in [0.29, 0.717) is 17.1 Å². The third-order valence-electron chi connectivity index (χ3n) is 5.93. The summed E-state index contributed by atoms with van der Waals surface area (Å²) in [6.07, 6.45) is -9.77. The number of ether oxygens (including phenoxy) is 4. The second-order valence-corrected chi connectivity index (χ2v) is 11.3. The van der Waals surface area contributed by atoms with Crippen molar-refractivity contribution in [1.29, 1.82) is 0 Å².